The van der Waals surface area contributed by atoms with Gasteiger partial charge in [-0.25, -0.2) is 4.68 Å². The van der Waals surface area contributed by atoms with Crippen LogP contribution in [-0.4, -0.2) is 15.7 Å². The van der Waals surface area contributed by atoms with Crippen molar-refractivity contribution in [2.75, 3.05) is 5.73 Å². The molecule has 4 N–H and O–H groups in total. The van der Waals surface area contributed by atoms with Crippen LogP contribution in [-0.2, 0) is 0 Å². The van der Waals surface area contributed by atoms with Crippen molar-refractivity contribution in [3.05, 3.63) is 40.0 Å². The van der Waals surface area contributed by atoms with Crippen LogP contribution in [0.5, 0.6) is 0 Å². The van der Waals surface area contributed by atoms with Crippen LogP contribution in [0.25, 0.3) is 5.69 Å². The van der Waals surface area contributed by atoms with E-state index in [2.05, 4.69) is 21.0 Å². The fourth-order valence-corrected chi connectivity index (χ4v) is 1.85. The minimum Gasteiger partial charge on any atom is -0.382 e. The van der Waals surface area contributed by atoms with Crippen LogP contribution >= 0.6 is 15.9 Å². The molecule has 0 aliphatic carbocycles. The Bertz CT molecular complexity index is 572. The van der Waals surface area contributed by atoms with Crippen LogP contribution in [0.2, 0.25) is 0 Å². The SMILES string of the molecule is Cc1cn(-c2cc(Br)ccc2C(N)=O)nc1N. The zero-order chi connectivity index (χ0) is 12.6. The number of hydrogen-bond acceptors (Lipinski definition) is 3. The van der Waals surface area contributed by atoms with Gasteiger partial charge in [-0.3, -0.25) is 4.79 Å². The van der Waals surface area contributed by atoms with E-state index < -0.39 is 5.91 Å². The second-order valence-electron chi connectivity index (χ2n) is 3.67. The van der Waals surface area contributed by atoms with Gasteiger partial charge in [-0.05, 0) is 25.1 Å². The van der Waals surface area contributed by atoms with Crippen LogP contribution in [0.3, 0.4) is 0 Å². The predicted molar refractivity (Wildman–Crippen MR) is 68.9 cm³/mol. The monoisotopic (exact) mass is 294 g/mol. The van der Waals surface area contributed by atoms with Gasteiger partial charge in [0.05, 0.1) is 11.3 Å². The van der Waals surface area contributed by atoms with Gasteiger partial charge < -0.3 is 11.5 Å². The molecule has 0 fully saturated rings. The van der Waals surface area contributed by atoms with Gasteiger partial charge in [-0.2, -0.15) is 5.10 Å². The van der Waals surface area contributed by atoms with Gasteiger partial charge in [-0.1, -0.05) is 15.9 Å². The third kappa shape index (κ3) is 2.16. The summed E-state index contributed by atoms with van der Waals surface area (Å²) in [5.41, 5.74) is 12.9. The summed E-state index contributed by atoms with van der Waals surface area (Å²) in [6, 6.07) is 5.17. The number of carbonyl (C=O) groups is 1. The van der Waals surface area contributed by atoms with Crippen molar-refractivity contribution in [2.24, 2.45) is 5.73 Å². The van der Waals surface area contributed by atoms with Crippen molar-refractivity contribution < 1.29 is 4.79 Å². The van der Waals surface area contributed by atoms with Crippen molar-refractivity contribution in [2.45, 2.75) is 6.92 Å². The molecule has 0 bridgehead atoms. The molecule has 5 nitrogen and oxygen atoms in total. The summed E-state index contributed by atoms with van der Waals surface area (Å²) in [7, 11) is 0. The van der Waals surface area contributed by atoms with Crippen LogP contribution in [0.1, 0.15) is 15.9 Å². The highest BCUT2D eigenvalue weighted by Gasteiger charge is 2.12. The van der Waals surface area contributed by atoms with Crippen molar-refractivity contribution in [1.82, 2.24) is 9.78 Å². The highest BCUT2D eigenvalue weighted by Crippen LogP contribution is 2.21. The van der Waals surface area contributed by atoms with Gasteiger partial charge in [-0.15, -0.1) is 0 Å². The number of hydrogen-bond donors (Lipinski definition) is 2. The Hall–Kier alpha value is -1.82. The Morgan fingerprint density at radius 1 is 1.47 bits per heavy atom. The van der Waals surface area contributed by atoms with E-state index in [4.69, 9.17) is 11.5 Å². The first-order chi connectivity index (χ1) is 7.99. The van der Waals surface area contributed by atoms with E-state index in [-0.39, 0.29) is 0 Å². The number of nitrogen functional groups attached to an aromatic ring is 1. The topological polar surface area (TPSA) is 86.9 Å². The lowest BCUT2D eigenvalue weighted by Crippen LogP contribution is -2.15. The van der Waals surface area contributed by atoms with Gasteiger partial charge in [0.1, 0.15) is 5.82 Å². The molecule has 6 heteroatoms. The first-order valence-electron chi connectivity index (χ1n) is 4.90. The molecule has 17 heavy (non-hydrogen) atoms. The summed E-state index contributed by atoms with van der Waals surface area (Å²) >= 11 is 3.34. The molecule has 0 spiro atoms. The molecule has 1 amide bonds. The van der Waals surface area contributed by atoms with Gasteiger partial charge in [0.2, 0.25) is 0 Å². The Labute approximate surface area is 107 Å². The summed E-state index contributed by atoms with van der Waals surface area (Å²) in [6.45, 7) is 1.85. The fraction of sp³-hybridized carbons (Fsp3) is 0.0909. The highest BCUT2D eigenvalue weighted by atomic mass is 79.9. The lowest BCUT2D eigenvalue weighted by Gasteiger charge is -2.07. The van der Waals surface area contributed by atoms with Crippen LogP contribution in [0.4, 0.5) is 5.82 Å². The quantitative estimate of drug-likeness (QED) is 0.882. The van der Waals surface area contributed by atoms with Gasteiger partial charge in [0.15, 0.2) is 0 Å². The summed E-state index contributed by atoms with van der Waals surface area (Å²) in [5, 5.41) is 4.13. The molecular weight excluding hydrogens is 284 g/mol. The molecule has 88 valence electrons. The molecule has 1 heterocycles. The van der Waals surface area contributed by atoms with E-state index in [1.54, 1.807) is 29.1 Å². The number of anilines is 1. The standard InChI is InChI=1S/C11H11BrN4O/c1-6-5-16(15-10(6)13)9-4-7(12)2-3-8(9)11(14)17/h2-5H,1H3,(H2,13,15)(H2,14,17). The van der Waals surface area contributed by atoms with Crippen molar-refractivity contribution in [3.63, 3.8) is 0 Å². The van der Waals surface area contributed by atoms with Crippen LogP contribution in [0.15, 0.2) is 28.9 Å². The number of benzene rings is 1. The number of carbonyl (C=O) groups excluding carboxylic acids is 1. The largest absolute Gasteiger partial charge is 0.382 e. The minimum absolute atomic E-state index is 0.399. The fourth-order valence-electron chi connectivity index (χ4n) is 1.50. The lowest BCUT2D eigenvalue weighted by atomic mass is 10.1. The minimum atomic E-state index is -0.501. The number of aromatic nitrogens is 2. The third-order valence-corrected chi connectivity index (χ3v) is 2.90. The molecule has 2 aromatic rings. The van der Waals surface area contributed by atoms with Gasteiger partial charge >= 0.3 is 0 Å². The normalized spacial score (nSPS) is 10.5. The van der Waals surface area contributed by atoms with E-state index in [0.29, 0.717) is 17.1 Å². The molecule has 0 saturated carbocycles. The zero-order valence-electron chi connectivity index (χ0n) is 9.14. The Kier molecular flexibility index (Phi) is 2.89. The molecule has 0 unspecified atom stereocenters. The maximum absolute atomic E-state index is 11.3. The number of halogens is 1. The first-order valence-corrected chi connectivity index (χ1v) is 5.70. The summed E-state index contributed by atoms with van der Waals surface area (Å²) in [4.78, 5) is 11.3. The Morgan fingerprint density at radius 2 is 2.18 bits per heavy atom. The summed E-state index contributed by atoms with van der Waals surface area (Å²) < 4.78 is 2.39. The van der Waals surface area contributed by atoms with Crippen molar-refractivity contribution >= 4 is 27.7 Å². The van der Waals surface area contributed by atoms with E-state index in [1.807, 2.05) is 6.92 Å². The van der Waals surface area contributed by atoms with Gasteiger partial charge in [0, 0.05) is 16.2 Å². The summed E-state index contributed by atoms with van der Waals surface area (Å²) in [5.74, 6) is -0.0698. The Morgan fingerprint density at radius 3 is 2.71 bits per heavy atom. The second kappa shape index (κ2) is 4.21. The number of rotatable bonds is 2. The maximum atomic E-state index is 11.3. The lowest BCUT2D eigenvalue weighted by molar-refractivity contribution is 0.1000. The van der Waals surface area contributed by atoms with E-state index >= 15 is 0 Å². The Balaban J connectivity index is 2.64. The number of aryl methyl sites for hydroxylation is 1. The molecule has 0 aliphatic heterocycles. The average Bonchev–Trinajstić information content (AvgIpc) is 2.58. The molecule has 1 aromatic heterocycles. The maximum Gasteiger partial charge on any atom is 0.250 e. The van der Waals surface area contributed by atoms with Crippen LogP contribution in [0, 0.1) is 6.92 Å². The van der Waals surface area contributed by atoms with Gasteiger partial charge in [0.25, 0.3) is 5.91 Å². The molecule has 1 aromatic carbocycles. The predicted octanol–water partition coefficient (Wildman–Crippen LogP) is 1.62. The third-order valence-electron chi connectivity index (χ3n) is 2.41. The molecule has 0 radical (unpaired) electrons. The van der Waals surface area contributed by atoms with E-state index in [0.717, 1.165) is 10.0 Å². The molecule has 0 atom stereocenters. The smallest absolute Gasteiger partial charge is 0.250 e. The average molecular weight is 295 g/mol. The number of nitrogens with zero attached hydrogens (tertiary/aromatic N) is 2. The zero-order valence-corrected chi connectivity index (χ0v) is 10.7. The highest BCUT2D eigenvalue weighted by molar-refractivity contribution is 9.10. The number of nitrogens with two attached hydrogens (primary N) is 2. The molecular formula is C11H11BrN4O. The van der Waals surface area contributed by atoms with Crippen molar-refractivity contribution in [1.29, 1.82) is 0 Å². The molecule has 0 saturated heterocycles. The molecule has 2 rings (SSSR count). The first kappa shape index (κ1) is 11.7. The van der Waals surface area contributed by atoms with Crippen LogP contribution < -0.4 is 11.5 Å². The summed E-state index contributed by atoms with van der Waals surface area (Å²) in [6.07, 6.45) is 1.75. The number of amides is 1. The second-order valence-corrected chi connectivity index (χ2v) is 4.58. The van der Waals surface area contributed by atoms with Crippen molar-refractivity contribution in [3.8, 4) is 5.69 Å². The van der Waals surface area contributed by atoms with E-state index in [1.165, 1.54) is 0 Å². The van der Waals surface area contributed by atoms with E-state index in [9.17, 15) is 4.79 Å². The molecule has 0 aliphatic rings. The number of primary amides is 1.